The summed E-state index contributed by atoms with van der Waals surface area (Å²) in [4.78, 5) is 12.5. The standard InChI is InChI=1S/C18H16OS/c1-10-7-8-12-9-14-13-5-3-4-6-15(13)20-18(14)11(2)16(12)17(10)19/h3-6,9-10H,7-8H2,1-2H3. The Morgan fingerprint density at radius 1 is 1.20 bits per heavy atom. The number of aryl methyl sites for hydroxylation is 2. The minimum atomic E-state index is 0.174. The van der Waals surface area contributed by atoms with Crippen molar-refractivity contribution >= 4 is 37.3 Å². The van der Waals surface area contributed by atoms with E-state index < -0.39 is 0 Å². The number of rotatable bonds is 0. The first-order chi connectivity index (χ1) is 9.66. The van der Waals surface area contributed by atoms with Gasteiger partial charge in [0, 0.05) is 31.7 Å². The molecule has 1 unspecified atom stereocenters. The third-order valence-corrected chi connectivity index (χ3v) is 5.84. The van der Waals surface area contributed by atoms with Crippen LogP contribution in [0.25, 0.3) is 20.2 Å². The Morgan fingerprint density at radius 3 is 2.85 bits per heavy atom. The van der Waals surface area contributed by atoms with E-state index in [2.05, 4.69) is 44.2 Å². The summed E-state index contributed by atoms with van der Waals surface area (Å²) in [6.07, 6.45) is 2.02. The van der Waals surface area contributed by atoms with Gasteiger partial charge >= 0.3 is 0 Å². The SMILES string of the molecule is Cc1c2c(cc3c1sc1ccccc13)CCC(C)C2=O. The molecule has 0 bridgehead atoms. The van der Waals surface area contributed by atoms with Gasteiger partial charge in [-0.2, -0.15) is 0 Å². The molecule has 0 radical (unpaired) electrons. The van der Waals surface area contributed by atoms with E-state index in [9.17, 15) is 4.79 Å². The van der Waals surface area contributed by atoms with Gasteiger partial charge in [-0.05, 0) is 43.0 Å². The summed E-state index contributed by atoms with van der Waals surface area (Å²) in [6.45, 7) is 4.17. The van der Waals surface area contributed by atoms with Crippen LogP contribution < -0.4 is 0 Å². The predicted molar refractivity (Wildman–Crippen MR) is 85.9 cm³/mol. The topological polar surface area (TPSA) is 17.1 Å². The molecule has 0 amide bonds. The molecule has 0 N–H and O–H groups in total. The Labute approximate surface area is 122 Å². The molecule has 1 atom stereocenters. The molecule has 1 nitrogen and oxygen atoms in total. The van der Waals surface area contributed by atoms with Gasteiger partial charge in [0.2, 0.25) is 0 Å². The predicted octanol–water partition coefficient (Wildman–Crippen LogP) is 5.13. The highest BCUT2D eigenvalue weighted by Crippen LogP contribution is 2.40. The van der Waals surface area contributed by atoms with Crippen LogP contribution in [0.1, 0.15) is 34.8 Å². The molecule has 1 aromatic heterocycles. The lowest BCUT2D eigenvalue weighted by atomic mass is 9.81. The van der Waals surface area contributed by atoms with Crippen LogP contribution in [0.5, 0.6) is 0 Å². The number of hydrogen-bond acceptors (Lipinski definition) is 2. The minimum absolute atomic E-state index is 0.174. The fourth-order valence-electron chi connectivity index (χ4n) is 3.38. The minimum Gasteiger partial charge on any atom is -0.294 e. The summed E-state index contributed by atoms with van der Waals surface area (Å²) >= 11 is 1.81. The Morgan fingerprint density at radius 2 is 2.00 bits per heavy atom. The van der Waals surface area contributed by atoms with Crippen LogP contribution in [0.15, 0.2) is 30.3 Å². The van der Waals surface area contributed by atoms with Crippen LogP contribution in [0.2, 0.25) is 0 Å². The second kappa shape index (κ2) is 4.16. The van der Waals surface area contributed by atoms with E-state index >= 15 is 0 Å². The Hall–Kier alpha value is -1.67. The van der Waals surface area contributed by atoms with Crippen LogP contribution in [-0.4, -0.2) is 5.78 Å². The van der Waals surface area contributed by atoms with E-state index in [1.54, 1.807) is 0 Å². The van der Waals surface area contributed by atoms with E-state index in [0.717, 1.165) is 18.4 Å². The molecule has 0 saturated heterocycles. The fourth-order valence-corrected chi connectivity index (χ4v) is 4.57. The van der Waals surface area contributed by atoms with Crippen LogP contribution >= 0.6 is 11.3 Å². The maximum Gasteiger partial charge on any atom is 0.166 e. The van der Waals surface area contributed by atoms with Crippen LogP contribution in [0, 0.1) is 12.8 Å². The molecule has 3 aromatic rings. The van der Waals surface area contributed by atoms with Crippen molar-refractivity contribution in [3.63, 3.8) is 0 Å². The molecule has 0 spiro atoms. The molecule has 2 aromatic carbocycles. The molecular formula is C18H16OS. The molecule has 0 fully saturated rings. The van der Waals surface area contributed by atoms with Gasteiger partial charge in [-0.25, -0.2) is 0 Å². The molecule has 4 rings (SSSR count). The van der Waals surface area contributed by atoms with Gasteiger partial charge in [0.25, 0.3) is 0 Å². The molecule has 2 heteroatoms. The summed E-state index contributed by atoms with van der Waals surface area (Å²) in [5.74, 6) is 0.510. The van der Waals surface area contributed by atoms with Crippen molar-refractivity contribution in [1.82, 2.24) is 0 Å². The third kappa shape index (κ3) is 1.52. The smallest absolute Gasteiger partial charge is 0.166 e. The molecular weight excluding hydrogens is 264 g/mol. The van der Waals surface area contributed by atoms with Crippen LogP contribution in [0.4, 0.5) is 0 Å². The monoisotopic (exact) mass is 280 g/mol. The van der Waals surface area contributed by atoms with Crippen molar-refractivity contribution in [2.75, 3.05) is 0 Å². The number of fused-ring (bicyclic) bond motifs is 4. The highest BCUT2D eigenvalue weighted by Gasteiger charge is 2.27. The molecule has 100 valence electrons. The zero-order valence-corrected chi connectivity index (χ0v) is 12.5. The molecule has 1 aliphatic rings. The van der Waals surface area contributed by atoms with Crippen molar-refractivity contribution in [2.45, 2.75) is 26.7 Å². The summed E-state index contributed by atoms with van der Waals surface area (Å²) in [6, 6.07) is 10.8. The van der Waals surface area contributed by atoms with Gasteiger partial charge in [0.1, 0.15) is 0 Å². The zero-order valence-electron chi connectivity index (χ0n) is 11.7. The zero-order chi connectivity index (χ0) is 13.9. The second-order valence-corrected chi connectivity index (χ2v) is 6.87. The number of Topliss-reactive ketones (excluding diaryl/α,β-unsaturated/α-hetero) is 1. The van der Waals surface area contributed by atoms with E-state index in [0.29, 0.717) is 5.78 Å². The first kappa shape index (κ1) is 12.1. The number of thiophene rings is 1. The van der Waals surface area contributed by atoms with Crippen LogP contribution in [-0.2, 0) is 6.42 Å². The van der Waals surface area contributed by atoms with Crippen molar-refractivity contribution in [1.29, 1.82) is 0 Å². The summed E-state index contributed by atoms with van der Waals surface area (Å²) in [5.41, 5.74) is 3.44. The highest BCUT2D eigenvalue weighted by atomic mass is 32.1. The summed E-state index contributed by atoms with van der Waals surface area (Å²) in [7, 11) is 0. The van der Waals surface area contributed by atoms with Gasteiger partial charge in [-0.1, -0.05) is 25.1 Å². The van der Waals surface area contributed by atoms with Crippen LogP contribution in [0.3, 0.4) is 0 Å². The quantitative estimate of drug-likeness (QED) is 0.558. The van der Waals surface area contributed by atoms with Gasteiger partial charge in [0.05, 0.1) is 0 Å². The van der Waals surface area contributed by atoms with E-state index in [1.165, 1.54) is 31.3 Å². The normalized spacial score (nSPS) is 18.7. The van der Waals surface area contributed by atoms with Crippen molar-refractivity contribution < 1.29 is 4.79 Å². The van der Waals surface area contributed by atoms with Crippen molar-refractivity contribution in [2.24, 2.45) is 5.92 Å². The van der Waals surface area contributed by atoms with Crippen molar-refractivity contribution in [3.05, 3.63) is 47.0 Å². The van der Waals surface area contributed by atoms with E-state index in [-0.39, 0.29) is 5.92 Å². The van der Waals surface area contributed by atoms with Gasteiger partial charge in [0.15, 0.2) is 5.78 Å². The van der Waals surface area contributed by atoms with Gasteiger partial charge < -0.3 is 0 Å². The highest BCUT2D eigenvalue weighted by molar-refractivity contribution is 7.26. The summed E-state index contributed by atoms with van der Waals surface area (Å²) < 4.78 is 2.60. The van der Waals surface area contributed by atoms with E-state index in [1.807, 2.05) is 11.3 Å². The molecule has 0 aliphatic heterocycles. The maximum atomic E-state index is 12.5. The second-order valence-electron chi connectivity index (χ2n) is 5.81. The molecule has 1 aliphatic carbocycles. The Balaban J connectivity index is 2.14. The number of benzene rings is 2. The molecule has 1 heterocycles. The number of hydrogen-bond donors (Lipinski definition) is 0. The van der Waals surface area contributed by atoms with Crippen molar-refractivity contribution in [3.8, 4) is 0 Å². The van der Waals surface area contributed by atoms with Gasteiger partial charge in [-0.15, -0.1) is 11.3 Å². The maximum absolute atomic E-state index is 12.5. The number of carbonyl (C=O) groups is 1. The van der Waals surface area contributed by atoms with E-state index in [4.69, 9.17) is 0 Å². The average Bonchev–Trinajstić information content (AvgIpc) is 2.82. The summed E-state index contributed by atoms with van der Waals surface area (Å²) in [5, 5.41) is 2.65. The lowest BCUT2D eigenvalue weighted by Crippen LogP contribution is -2.21. The number of carbonyl (C=O) groups excluding carboxylic acids is 1. The lowest BCUT2D eigenvalue weighted by Gasteiger charge is -2.22. The lowest BCUT2D eigenvalue weighted by molar-refractivity contribution is 0.0913. The first-order valence-corrected chi connectivity index (χ1v) is 7.96. The largest absolute Gasteiger partial charge is 0.294 e. The Bertz CT molecular complexity index is 857. The Kier molecular flexibility index (Phi) is 2.52. The molecule has 0 saturated carbocycles. The fraction of sp³-hybridized carbons (Fsp3) is 0.278. The average molecular weight is 280 g/mol. The molecule has 20 heavy (non-hydrogen) atoms. The van der Waals surface area contributed by atoms with Gasteiger partial charge in [-0.3, -0.25) is 4.79 Å². The number of ketones is 1. The third-order valence-electron chi connectivity index (χ3n) is 4.53. The first-order valence-electron chi connectivity index (χ1n) is 7.14.